The molecule has 1 unspecified atom stereocenters. The molecule has 2 aliphatic rings. The Morgan fingerprint density at radius 2 is 2.06 bits per heavy atom. The third-order valence-corrected chi connectivity index (χ3v) is 7.87. The van der Waals surface area contributed by atoms with E-state index in [2.05, 4.69) is 22.1 Å². The number of carbonyl (C=O) groups excluding carboxylic acids is 1. The van der Waals surface area contributed by atoms with Crippen molar-refractivity contribution in [2.45, 2.75) is 77.9 Å². The number of amides is 1. The second-order valence-corrected chi connectivity index (χ2v) is 10.8. The molecular formula is C25H37N5O3. The maximum Gasteiger partial charge on any atom is 0.254 e. The lowest BCUT2D eigenvalue weighted by Gasteiger charge is -2.50. The van der Waals surface area contributed by atoms with Crippen LogP contribution in [0.4, 0.5) is 0 Å². The van der Waals surface area contributed by atoms with E-state index in [9.17, 15) is 14.7 Å². The van der Waals surface area contributed by atoms with Crippen LogP contribution in [0, 0.1) is 17.3 Å². The Labute approximate surface area is 195 Å². The lowest BCUT2D eigenvalue weighted by atomic mass is 9.69. The van der Waals surface area contributed by atoms with Crippen molar-refractivity contribution in [2.75, 3.05) is 13.1 Å². The first kappa shape index (κ1) is 23.7. The van der Waals surface area contributed by atoms with E-state index in [-0.39, 0.29) is 23.9 Å². The first-order valence-electron chi connectivity index (χ1n) is 12.3. The third-order valence-electron chi connectivity index (χ3n) is 7.87. The van der Waals surface area contributed by atoms with Gasteiger partial charge in [0.25, 0.3) is 5.56 Å². The number of nitrogens with zero attached hydrogens (tertiary/aromatic N) is 4. The van der Waals surface area contributed by atoms with E-state index in [4.69, 9.17) is 0 Å². The Kier molecular flexibility index (Phi) is 6.75. The molecule has 2 aromatic rings. The summed E-state index contributed by atoms with van der Waals surface area (Å²) in [6.07, 6.45) is 10.9. The van der Waals surface area contributed by atoms with E-state index in [1.807, 2.05) is 18.7 Å². The normalized spacial score (nSPS) is 24.5. The number of carbonyl (C=O) groups is 1. The van der Waals surface area contributed by atoms with Gasteiger partial charge in [-0.2, -0.15) is 5.10 Å². The lowest BCUT2D eigenvalue weighted by Crippen LogP contribution is -2.61. The fraction of sp³-hybridized carbons (Fsp3) is 0.680. The summed E-state index contributed by atoms with van der Waals surface area (Å²) in [5.74, 6) is 0.868. The highest BCUT2D eigenvalue weighted by atomic mass is 16.3. The van der Waals surface area contributed by atoms with Crippen LogP contribution in [0.15, 0.2) is 29.5 Å². The molecule has 2 fully saturated rings. The standard InChI is InChI=1S/C25H37N5O3/c1-18(13-19-7-5-4-6-8-19)23(32)29-12-10-25(33,24(2,3)15-29)16-30-17-26-21(14-22(30)31)20-9-11-27-28-20/h9,11,14,17-19,33H,4-8,10,12-13,15-16H2,1-3H3,(H,27,28)/t18-,25?/m1/s1. The van der Waals surface area contributed by atoms with Crippen LogP contribution in [-0.2, 0) is 11.3 Å². The Morgan fingerprint density at radius 3 is 2.70 bits per heavy atom. The van der Waals surface area contributed by atoms with Crippen LogP contribution in [0.2, 0.25) is 0 Å². The van der Waals surface area contributed by atoms with Crippen LogP contribution in [0.5, 0.6) is 0 Å². The molecular weight excluding hydrogens is 418 g/mol. The van der Waals surface area contributed by atoms with Crippen molar-refractivity contribution in [1.29, 1.82) is 0 Å². The summed E-state index contributed by atoms with van der Waals surface area (Å²) in [5.41, 5.74) is -0.706. The SMILES string of the molecule is C[C@H](CC1CCCCC1)C(=O)N1CCC(O)(Cn2cnc(-c3ccn[nH]3)cc2=O)C(C)(C)C1. The van der Waals surface area contributed by atoms with Crippen molar-refractivity contribution < 1.29 is 9.90 Å². The van der Waals surface area contributed by atoms with Crippen molar-refractivity contribution in [3.63, 3.8) is 0 Å². The summed E-state index contributed by atoms with van der Waals surface area (Å²) < 4.78 is 1.46. The molecule has 2 aromatic heterocycles. The molecule has 1 amide bonds. The number of aromatic nitrogens is 4. The van der Waals surface area contributed by atoms with Crippen LogP contribution < -0.4 is 5.56 Å². The molecule has 3 heterocycles. The van der Waals surface area contributed by atoms with E-state index in [1.165, 1.54) is 49.1 Å². The highest BCUT2D eigenvalue weighted by molar-refractivity contribution is 5.78. The molecule has 1 aliphatic carbocycles. The maximum atomic E-state index is 13.2. The molecule has 2 N–H and O–H groups in total. The first-order valence-corrected chi connectivity index (χ1v) is 12.3. The van der Waals surface area contributed by atoms with E-state index in [0.29, 0.717) is 36.8 Å². The van der Waals surface area contributed by atoms with Crippen molar-refractivity contribution in [2.24, 2.45) is 17.3 Å². The molecule has 0 bridgehead atoms. The molecule has 1 aliphatic heterocycles. The number of hydrogen-bond acceptors (Lipinski definition) is 5. The molecule has 8 nitrogen and oxygen atoms in total. The average Bonchev–Trinajstić information content (AvgIpc) is 3.32. The van der Waals surface area contributed by atoms with Gasteiger partial charge in [-0.05, 0) is 24.8 Å². The fourth-order valence-corrected chi connectivity index (χ4v) is 5.55. The monoisotopic (exact) mass is 455 g/mol. The summed E-state index contributed by atoms with van der Waals surface area (Å²) in [4.78, 5) is 32.2. The van der Waals surface area contributed by atoms with Gasteiger partial charge in [-0.3, -0.25) is 19.3 Å². The van der Waals surface area contributed by atoms with Gasteiger partial charge in [-0.1, -0.05) is 52.9 Å². The predicted octanol–water partition coefficient (Wildman–Crippen LogP) is 3.23. The third kappa shape index (κ3) is 5.05. The summed E-state index contributed by atoms with van der Waals surface area (Å²) in [6, 6.07) is 3.21. The smallest absolute Gasteiger partial charge is 0.254 e. The van der Waals surface area contributed by atoms with Crippen LogP contribution in [0.3, 0.4) is 0 Å². The van der Waals surface area contributed by atoms with Crippen LogP contribution in [-0.4, -0.2) is 54.4 Å². The molecule has 4 rings (SSSR count). The quantitative estimate of drug-likeness (QED) is 0.696. The van der Waals surface area contributed by atoms with Gasteiger partial charge < -0.3 is 10.0 Å². The topological polar surface area (TPSA) is 104 Å². The fourth-order valence-electron chi connectivity index (χ4n) is 5.55. The molecule has 1 saturated carbocycles. The summed E-state index contributed by atoms with van der Waals surface area (Å²) in [6.45, 7) is 7.14. The van der Waals surface area contributed by atoms with E-state index < -0.39 is 11.0 Å². The van der Waals surface area contributed by atoms with Crippen molar-refractivity contribution in [1.82, 2.24) is 24.6 Å². The summed E-state index contributed by atoms with van der Waals surface area (Å²) in [7, 11) is 0. The zero-order chi connectivity index (χ0) is 23.6. The Morgan fingerprint density at radius 1 is 1.30 bits per heavy atom. The largest absolute Gasteiger partial charge is 0.387 e. The Balaban J connectivity index is 1.41. The number of rotatable bonds is 6. The molecule has 1 saturated heterocycles. The van der Waals surface area contributed by atoms with Gasteiger partial charge in [-0.15, -0.1) is 0 Å². The number of H-pyrrole nitrogens is 1. The Bertz CT molecular complexity index is 1010. The van der Waals surface area contributed by atoms with Crippen molar-refractivity contribution >= 4 is 5.91 Å². The lowest BCUT2D eigenvalue weighted by molar-refractivity contribution is -0.157. The number of likely N-dealkylation sites (tertiary alicyclic amines) is 1. The molecule has 33 heavy (non-hydrogen) atoms. The maximum absolute atomic E-state index is 13.2. The van der Waals surface area contributed by atoms with Gasteiger partial charge in [0.1, 0.15) is 0 Å². The number of hydrogen-bond donors (Lipinski definition) is 2. The van der Waals surface area contributed by atoms with E-state index in [1.54, 1.807) is 12.3 Å². The molecule has 0 aromatic carbocycles. The van der Waals surface area contributed by atoms with E-state index >= 15 is 0 Å². The second-order valence-electron chi connectivity index (χ2n) is 10.8. The average molecular weight is 456 g/mol. The van der Waals surface area contributed by atoms with Gasteiger partial charge in [0.05, 0.1) is 29.9 Å². The van der Waals surface area contributed by atoms with Crippen LogP contribution in [0.25, 0.3) is 11.4 Å². The Hall–Kier alpha value is -2.48. The van der Waals surface area contributed by atoms with Crippen LogP contribution >= 0.6 is 0 Å². The minimum absolute atomic E-state index is 0.0111. The predicted molar refractivity (Wildman–Crippen MR) is 126 cm³/mol. The van der Waals surface area contributed by atoms with Gasteiger partial charge in [0.15, 0.2) is 0 Å². The van der Waals surface area contributed by atoms with Crippen molar-refractivity contribution in [3.05, 3.63) is 35.0 Å². The van der Waals surface area contributed by atoms with Gasteiger partial charge >= 0.3 is 0 Å². The second kappa shape index (κ2) is 9.41. The zero-order valence-electron chi connectivity index (χ0n) is 20.1. The van der Waals surface area contributed by atoms with Gasteiger partial charge in [0.2, 0.25) is 5.91 Å². The molecule has 0 radical (unpaired) electrons. The number of piperidine rings is 1. The highest BCUT2D eigenvalue weighted by Gasteiger charge is 2.49. The molecule has 2 atom stereocenters. The highest BCUT2D eigenvalue weighted by Crippen LogP contribution is 2.40. The van der Waals surface area contributed by atoms with Crippen LogP contribution in [0.1, 0.15) is 65.7 Å². The minimum atomic E-state index is -1.11. The van der Waals surface area contributed by atoms with Gasteiger partial charge in [0, 0.05) is 36.7 Å². The van der Waals surface area contributed by atoms with Gasteiger partial charge in [-0.25, -0.2) is 4.98 Å². The number of nitrogens with one attached hydrogen (secondary N) is 1. The minimum Gasteiger partial charge on any atom is -0.387 e. The number of aliphatic hydroxyl groups is 1. The number of aromatic amines is 1. The molecule has 0 spiro atoms. The molecule has 8 heteroatoms. The summed E-state index contributed by atoms with van der Waals surface area (Å²) >= 11 is 0. The molecule has 180 valence electrons. The van der Waals surface area contributed by atoms with Crippen molar-refractivity contribution in [3.8, 4) is 11.4 Å². The summed E-state index contributed by atoms with van der Waals surface area (Å²) in [5, 5.41) is 18.3. The first-order chi connectivity index (χ1) is 15.7. The zero-order valence-corrected chi connectivity index (χ0v) is 20.1. The van der Waals surface area contributed by atoms with E-state index in [0.717, 1.165) is 6.42 Å².